The Morgan fingerprint density at radius 2 is 2.24 bits per heavy atom. The highest BCUT2D eigenvalue weighted by Gasteiger charge is 2.17. The molecule has 1 heterocycles. The quantitative estimate of drug-likeness (QED) is 0.652. The van der Waals surface area contributed by atoms with Gasteiger partial charge < -0.3 is 10.1 Å². The van der Waals surface area contributed by atoms with Crippen molar-refractivity contribution in [3.63, 3.8) is 0 Å². The van der Waals surface area contributed by atoms with Crippen LogP contribution >= 0.6 is 33.9 Å². The molecule has 0 aliphatic rings. The Morgan fingerprint density at radius 3 is 2.86 bits per heavy atom. The van der Waals surface area contributed by atoms with Gasteiger partial charge in [-0.3, -0.25) is 0 Å². The molecule has 0 bridgehead atoms. The first kappa shape index (κ1) is 16.7. The number of thiophene rings is 1. The van der Waals surface area contributed by atoms with Crippen molar-refractivity contribution in [2.24, 2.45) is 0 Å². The van der Waals surface area contributed by atoms with Crippen molar-refractivity contribution >= 4 is 33.9 Å². The number of benzene rings is 1. The summed E-state index contributed by atoms with van der Waals surface area (Å²) >= 11 is 4.03. The number of halogens is 2. The summed E-state index contributed by atoms with van der Waals surface area (Å²) in [5, 5.41) is 5.65. The Hall–Kier alpha value is -0.660. The van der Waals surface area contributed by atoms with Gasteiger partial charge in [0.2, 0.25) is 0 Å². The van der Waals surface area contributed by atoms with Gasteiger partial charge in [-0.1, -0.05) is 19.1 Å². The van der Waals surface area contributed by atoms with E-state index >= 15 is 0 Å². The molecule has 114 valence electrons. The lowest BCUT2D eigenvalue weighted by Crippen LogP contribution is -2.24. The molecule has 5 heteroatoms. The van der Waals surface area contributed by atoms with Gasteiger partial charge in [-0.05, 0) is 70.6 Å². The summed E-state index contributed by atoms with van der Waals surface area (Å²) in [4.78, 5) is 0. The van der Waals surface area contributed by atoms with E-state index in [0.717, 1.165) is 13.0 Å². The van der Waals surface area contributed by atoms with Gasteiger partial charge in [0, 0.05) is 6.04 Å². The molecule has 0 saturated heterocycles. The number of nitrogens with one attached hydrogen (secondary N) is 1. The van der Waals surface area contributed by atoms with E-state index in [1.54, 1.807) is 17.4 Å². The molecular weight excluding hydrogens is 400 g/mol. The Labute approximate surface area is 142 Å². The second-order valence-electron chi connectivity index (χ2n) is 4.83. The number of ether oxygens (including phenoxy) is 1. The Morgan fingerprint density at radius 1 is 1.43 bits per heavy atom. The molecular formula is C16H19FINOS. The summed E-state index contributed by atoms with van der Waals surface area (Å²) in [6, 6.07) is 7.62. The zero-order valence-electron chi connectivity index (χ0n) is 12.2. The van der Waals surface area contributed by atoms with Gasteiger partial charge in [-0.15, -0.1) is 11.3 Å². The third-order valence-electron chi connectivity index (χ3n) is 3.32. The van der Waals surface area contributed by atoms with Gasteiger partial charge >= 0.3 is 0 Å². The van der Waals surface area contributed by atoms with Crippen molar-refractivity contribution in [1.29, 1.82) is 0 Å². The first-order valence-electron chi connectivity index (χ1n) is 6.94. The molecule has 1 unspecified atom stereocenters. The van der Waals surface area contributed by atoms with Crippen molar-refractivity contribution in [2.75, 3.05) is 13.7 Å². The molecule has 0 saturated carbocycles. The van der Waals surface area contributed by atoms with E-state index in [2.05, 4.69) is 46.3 Å². The first-order chi connectivity index (χ1) is 10.2. The predicted molar refractivity (Wildman–Crippen MR) is 94.7 cm³/mol. The summed E-state index contributed by atoms with van der Waals surface area (Å²) < 4.78 is 20.6. The van der Waals surface area contributed by atoms with Gasteiger partial charge in [0.15, 0.2) is 11.6 Å². The van der Waals surface area contributed by atoms with Crippen molar-refractivity contribution in [3.8, 4) is 5.75 Å². The second kappa shape index (κ2) is 8.10. The smallest absolute Gasteiger partial charge is 0.168 e. The largest absolute Gasteiger partial charge is 0.494 e. The van der Waals surface area contributed by atoms with Crippen LogP contribution in [0.4, 0.5) is 4.39 Å². The molecule has 1 N–H and O–H groups in total. The van der Waals surface area contributed by atoms with E-state index in [4.69, 9.17) is 4.74 Å². The minimum absolute atomic E-state index is 0.131. The molecule has 1 atom stereocenters. The van der Waals surface area contributed by atoms with Crippen LogP contribution in [0.1, 0.15) is 30.5 Å². The number of methoxy groups -OCH3 is 1. The fourth-order valence-corrected chi connectivity index (χ4v) is 3.65. The normalized spacial score (nSPS) is 12.4. The molecule has 21 heavy (non-hydrogen) atoms. The van der Waals surface area contributed by atoms with Gasteiger partial charge in [-0.25, -0.2) is 4.39 Å². The summed E-state index contributed by atoms with van der Waals surface area (Å²) in [5.74, 6) is 0.0508. The van der Waals surface area contributed by atoms with E-state index in [1.807, 2.05) is 12.1 Å². The van der Waals surface area contributed by atoms with E-state index < -0.39 is 0 Å². The third kappa shape index (κ3) is 4.40. The van der Waals surface area contributed by atoms with Crippen LogP contribution in [0, 0.1) is 8.70 Å². The molecule has 0 aliphatic heterocycles. The van der Waals surface area contributed by atoms with Gasteiger partial charge in [-0.2, -0.15) is 0 Å². The summed E-state index contributed by atoms with van der Waals surface area (Å²) in [5.41, 5.74) is 1.91. The van der Waals surface area contributed by atoms with Crippen LogP contribution in [0.15, 0.2) is 29.6 Å². The summed E-state index contributed by atoms with van der Waals surface area (Å²) in [6.45, 7) is 3.05. The predicted octanol–water partition coefficient (Wildman–Crippen LogP) is 4.78. The molecule has 0 fully saturated rings. The maximum absolute atomic E-state index is 14.3. The van der Waals surface area contributed by atoms with E-state index in [1.165, 1.54) is 15.6 Å². The van der Waals surface area contributed by atoms with Crippen LogP contribution in [-0.2, 0) is 6.42 Å². The van der Waals surface area contributed by atoms with Crippen molar-refractivity contribution in [2.45, 2.75) is 25.8 Å². The maximum Gasteiger partial charge on any atom is 0.168 e. The van der Waals surface area contributed by atoms with Crippen molar-refractivity contribution < 1.29 is 9.13 Å². The Balaban J connectivity index is 2.22. The van der Waals surface area contributed by atoms with Gasteiger partial charge in [0.1, 0.15) is 0 Å². The molecule has 1 aromatic carbocycles. The molecule has 0 radical (unpaired) electrons. The minimum Gasteiger partial charge on any atom is -0.494 e. The topological polar surface area (TPSA) is 21.3 Å². The van der Waals surface area contributed by atoms with Crippen LogP contribution < -0.4 is 10.1 Å². The molecule has 2 aromatic rings. The highest BCUT2D eigenvalue weighted by molar-refractivity contribution is 14.1. The van der Waals surface area contributed by atoms with Crippen LogP contribution in [0.2, 0.25) is 0 Å². The maximum atomic E-state index is 14.3. The standard InChI is InChI=1S/C16H19FINOS/c1-3-7-19-13(12-9-15(18)21-10-12)8-11-5-4-6-14(20-2)16(11)17/h4-6,9-10,13,19H,3,7-8H2,1-2H3. The molecule has 1 aromatic heterocycles. The van der Waals surface area contributed by atoms with Gasteiger partial charge in [0.25, 0.3) is 0 Å². The summed E-state index contributed by atoms with van der Waals surface area (Å²) in [6.07, 6.45) is 1.67. The van der Waals surface area contributed by atoms with Crippen LogP contribution in [0.3, 0.4) is 0 Å². The van der Waals surface area contributed by atoms with E-state index in [0.29, 0.717) is 17.7 Å². The van der Waals surface area contributed by atoms with E-state index in [9.17, 15) is 4.39 Å². The highest BCUT2D eigenvalue weighted by Crippen LogP contribution is 2.28. The van der Waals surface area contributed by atoms with Gasteiger partial charge in [0.05, 0.1) is 9.99 Å². The number of rotatable bonds is 7. The fraction of sp³-hybridized carbons (Fsp3) is 0.375. The zero-order chi connectivity index (χ0) is 15.2. The first-order valence-corrected chi connectivity index (χ1v) is 8.90. The average molecular weight is 419 g/mol. The monoisotopic (exact) mass is 419 g/mol. The molecule has 2 rings (SSSR count). The fourth-order valence-electron chi connectivity index (χ4n) is 2.22. The van der Waals surface area contributed by atoms with Crippen molar-refractivity contribution in [3.05, 3.63) is 49.5 Å². The number of hydrogen-bond acceptors (Lipinski definition) is 3. The lowest BCUT2D eigenvalue weighted by Gasteiger charge is -2.18. The van der Waals surface area contributed by atoms with E-state index in [-0.39, 0.29) is 11.9 Å². The van der Waals surface area contributed by atoms with Crippen LogP contribution in [0.25, 0.3) is 0 Å². The third-order valence-corrected chi connectivity index (χ3v) is 5.13. The molecule has 0 spiro atoms. The van der Waals surface area contributed by atoms with Crippen LogP contribution in [-0.4, -0.2) is 13.7 Å². The SMILES string of the molecule is CCCNC(Cc1cccc(OC)c1F)c1csc(I)c1. The highest BCUT2D eigenvalue weighted by atomic mass is 127. The minimum atomic E-state index is -0.256. The lowest BCUT2D eigenvalue weighted by atomic mass is 10.0. The second-order valence-corrected chi connectivity index (χ2v) is 7.63. The average Bonchev–Trinajstić information content (AvgIpc) is 2.91. The number of hydrogen-bond donors (Lipinski definition) is 1. The Bertz CT molecular complexity index is 587. The molecule has 2 nitrogen and oxygen atoms in total. The Kier molecular flexibility index (Phi) is 6.44. The van der Waals surface area contributed by atoms with Crippen molar-refractivity contribution in [1.82, 2.24) is 5.32 Å². The lowest BCUT2D eigenvalue weighted by molar-refractivity contribution is 0.382. The molecule has 0 amide bonds. The van der Waals surface area contributed by atoms with Crippen LogP contribution in [0.5, 0.6) is 5.75 Å². The molecule has 0 aliphatic carbocycles. The zero-order valence-corrected chi connectivity index (χ0v) is 15.1. The summed E-state index contributed by atoms with van der Waals surface area (Å²) in [7, 11) is 1.50.